The molecule has 5 rings (SSSR count). The molecule has 0 unspecified atom stereocenters. The van der Waals surface area contributed by atoms with Gasteiger partial charge in [0.15, 0.2) is 5.65 Å². The van der Waals surface area contributed by atoms with E-state index in [4.69, 9.17) is 19.3 Å². The van der Waals surface area contributed by atoms with Crippen LogP contribution in [0.25, 0.3) is 16.9 Å². The summed E-state index contributed by atoms with van der Waals surface area (Å²) < 4.78 is 18.6. The topological polar surface area (TPSA) is 102 Å². The normalized spacial score (nSPS) is 13.9. The zero-order valence-corrected chi connectivity index (χ0v) is 21.9. The van der Waals surface area contributed by atoms with Gasteiger partial charge in [-0.3, -0.25) is 9.69 Å². The highest BCUT2D eigenvalue weighted by molar-refractivity contribution is 5.96. The van der Waals surface area contributed by atoms with E-state index in [1.807, 2.05) is 55.5 Å². The van der Waals surface area contributed by atoms with E-state index in [0.29, 0.717) is 22.8 Å². The highest BCUT2D eigenvalue weighted by Gasteiger charge is 2.17. The van der Waals surface area contributed by atoms with Crippen molar-refractivity contribution in [1.29, 1.82) is 0 Å². The number of carbonyl (C=O) groups is 1. The maximum Gasteiger partial charge on any atom is 0.251 e. The third-order valence-electron chi connectivity index (χ3n) is 6.57. The Hall–Kier alpha value is -4.15. The number of benzene rings is 2. The smallest absolute Gasteiger partial charge is 0.251 e. The summed E-state index contributed by atoms with van der Waals surface area (Å²) >= 11 is 0. The average Bonchev–Trinajstić information content (AvgIpc) is 3.38. The summed E-state index contributed by atoms with van der Waals surface area (Å²) in [6.45, 7) is 6.93. The first-order valence-corrected chi connectivity index (χ1v) is 12.6. The molecule has 0 spiro atoms. The van der Waals surface area contributed by atoms with Crippen molar-refractivity contribution in [2.24, 2.45) is 0 Å². The Bertz CT molecular complexity index is 1410. The second-order valence-corrected chi connectivity index (χ2v) is 9.04. The number of anilines is 1. The van der Waals surface area contributed by atoms with Crippen molar-refractivity contribution < 1.29 is 19.0 Å². The molecule has 0 aliphatic carbocycles. The number of aromatic nitrogens is 3. The minimum absolute atomic E-state index is 0.118. The van der Waals surface area contributed by atoms with Gasteiger partial charge in [0.05, 0.1) is 37.9 Å². The van der Waals surface area contributed by atoms with E-state index in [1.54, 1.807) is 24.9 Å². The maximum atomic E-state index is 12.2. The Morgan fingerprint density at radius 3 is 2.55 bits per heavy atom. The van der Waals surface area contributed by atoms with Crippen LogP contribution in [0.4, 0.5) is 5.69 Å². The standard InChI is InChI=1S/C28H32N6O4/c1-19-16-20(4-9-23(19)28(35)29-2)25-18-31-27-24(30-10-11-33-12-14-37-15-13-33)17-26(32-34(25)27)38-22-7-5-21(36-3)6-8-22/h4-9,16-18,30H,10-15H2,1-3H3,(H,29,35). The number of methoxy groups -OCH3 is 1. The number of imidazole rings is 1. The van der Waals surface area contributed by atoms with Gasteiger partial charge in [-0.1, -0.05) is 6.07 Å². The first-order valence-electron chi connectivity index (χ1n) is 12.6. The van der Waals surface area contributed by atoms with Crippen LogP contribution in [0.3, 0.4) is 0 Å². The Kier molecular flexibility index (Phi) is 7.71. The molecule has 1 aliphatic heterocycles. The van der Waals surface area contributed by atoms with Crippen LogP contribution >= 0.6 is 0 Å². The molecule has 10 nitrogen and oxygen atoms in total. The first kappa shape index (κ1) is 25.5. The number of carbonyl (C=O) groups excluding carboxylic acids is 1. The fraction of sp³-hybridized carbons (Fsp3) is 0.321. The van der Waals surface area contributed by atoms with Gasteiger partial charge in [-0.25, -0.2) is 9.50 Å². The molecule has 3 heterocycles. The lowest BCUT2D eigenvalue weighted by Gasteiger charge is -2.26. The van der Waals surface area contributed by atoms with Gasteiger partial charge in [-0.15, -0.1) is 5.10 Å². The van der Waals surface area contributed by atoms with Crippen molar-refractivity contribution in [2.75, 3.05) is 58.9 Å². The first-order chi connectivity index (χ1) is 18.6. The Morgan fingerprint density at radius 2 is 1.84 bits per heavy atom. The van der Waals surface area contributed by atoms with Crippen LogP contribution in [-0.2, 0) is 4.74 Å². The molecule has 10 heteroatoms. The summed E-state index contributed by atoms with van der Waals surface area (Å²) in [6, 6.07) is 14.9. The van der Waals surface area contributed by atoms with Gasteiger partial charge in [0.2, 0.25) is 5.88 Å². The fourth-order valence-electron chi connectivity index (χ4n) is 4.47. The lowest BCUT2D eigenvalue weighted by molar-refractivity contribution is 0.0398. The predicted octanol–water partition coefficient (Wildman–Crippen LogP) is 3.61. The second-order valence-electron chi connectivity index (χ2n) is 9.04. The van der Waals surface area contributed by atoms with E-state index >= 15 is 0 Å². The number of amides is 1. The molecule has 0 atom stereocenters. The van der Waals surface area contributed by atoms with Crippen molar-refractivity contribution in [2.45, 2.75) is 6.92 Å². The van der Waals surface area contributed by atoms with E-state index in [1.165, 1.54) is 0 Å². The van der Waals surface area contributed by atoms with E-state index in [-0.39, 0.29) is 5.91 Å². The maximum absolute atomic E-state index is 12.2. The van der Waals surface area contributed by atoms with Crippen molar-refractivity contribution in [3.05, 3.63) is 65.9 Å². The second kappa shape index (κ2) is 11.5. The van der Waals surface area contributed by atoms with Gasteiger partial charge in [0.25, 0.3) is 5.91 Å². The van der Waals surface area contributed by atoms with Crippen LogP contribution in [0.2, 0.25) is 0 Å². The number of hydrogen-bond donors (Lipinski definition) is 2. The van der Waals surface area contributed by atoms with Crippen LogP contribution in [0.1, 0.15) is 15.9 Å². The number of fused-ring (bicyclic) bond motifs is 1. The molecule has 1 amide bonds. The number of hydrogen-bond acceptors (Lipinski definition) is 8. The molecule has 38 heavy (non-hydrogen) atoms. The quantitative estimate of drug-likeness (QED) is 0.348. The van der Waals surface area contributed by atoms with Crippen molar-refractivity contribution in [1.82, 2.24) is 24.8 Å². The summed E-state index contributed by atoms with van der Waals surface area (Å²) in [7, 11) is 3.26. The Morgan fingerprint density at radius 1 is 1.08 bits per heavy atom. The Balaban J connectivity index is 1.48. The lowest BCUT2D eigenvalue weighted by atomic mass is 10.0. The monoisotopic (exact) mass is 516 g/mol. The molecule has 2 N–H and O–H groups in total. The molecule has 0 saturated carbocycles. The van der Waals surface area contributed by atoms with E-state index < -0.39 is 0 Å². The molecule has 198 valence electrons. The molecule has 4 aromatic rings. The van der Waals surface area contributed by atoms with Crippen LogP contribution in [-0.4, -0.2) is 79.0 Å². The van der Waals surface area contributed by atoms with Gasteiger partial charge in [0, 0.05) is 50.4 Å². The summed E-state index contributed by atoms with van der Waals surface area (Å²) in [5, 5.41) is 11.0. The molecule has 1 fully saturated rings. The number of nitrogens with zero attached hydrogens (tertiary/aromatic N) is 4. The van der Waals surface area contributed by atoms with Crippen molar-refractivity contribution in [3.63, 3.8) is 0 Å². The molecule has 0 bridgehead atoms. The van der Waals surface area contributed by atoms with E-state index in [0.717, 1.165) is 67.7 Å². The number of morpholine rings is 1. The van der Waals surface area contributed by atoms with Crippen molar-refractivity contribution >= 4 is 17.2 Å². The molecular formula is C28H32N6O4. The zero-order chi connectivity index (χ0) is 26.5. The molecule has 1 saturated heterocycles. The molecule has 0 radical (unpaired) electrons. The van der Waals surface area contributed by atoms with Crippen LogP contribution in [0.15, 0.2) is 54.7 Å². The number of ether oxygens (including phenoxy) is 3. The minimum atomic E-state index is -0.118. The third-order valence-corrected chi connectivity index (χ3v) is 6.57. The lowest BCUT2D eigenvalue weighted by Crippen LogP contribution is -2.39. The Labute approximate surface area is 221 Å². The molecule has 1 aliphatic rings. The highest BCUT2D eigenvalue weighted by Crippen LogP contribution is 2.30. The van der Waals surface area contributed by atoms with Gasteiger partial charge in [-0.05, 0) is 48.9 Å². The van der Waals surface area contributed by atoms with Crippen LogP contribution in [0.5, 0.6) is 17.4 Å². The third kappa shape index (κ3) is 5.56. The minimum Gasteiger partial charge on any atom is -0.497 e. The number of rotatable bonds is 9. The fourth-order valence-corrected chi connectivity index (χ4v) is 4.47. The zero-order valence-electron chi connectivity index (χ0n) is 21.9. The number of aryl methyl sites for hydroxylation is 1. The van der Waals surface area contributed by atoms with Crippen LogP contribution < -0.4 is 20.1 Å². The summed E-state index contributed by atoms with van der Waals surface area (Å²) in [5.74, 6) is 1.70. The molecule has 2 aromatic heterocycles. The largest absolute Gasteiger partial charge is 0.497 e. The summed E-state index contributed by atoms with van der Waals surface area (Å²) in [4.78, 5) is 19.2. The summed E-state index contributed by atoms with van der Waals surface area (Å²) in [5.41, 5.74) is 4.70. The average molecular weight is 517 g/mol. The SMILES string of the molecule is CNC(=O)c1ccc(-c2cnc3c(NCCN4CCOCC4)cc(Oc4ccc(OC)cc4)nn23)cc1C. The predicted molar refractivity (Wildman–Crippen MR) is 145 cm³/mol. The van der Waals surface area contributed by atoms with Gasteiger partial charge in [0.1, 0.15) is 11.5 Å². The highest BCUT2D eigenvalue weighted by atomic mass is 16.5. The van der Waals surface area contributed by atoms with Gasteiger partial charge >= 0.3 is 0 Å². The van der Waals surface area contributed by atoms with Crippen molar-refractivity contribution in [3.8, 4) is 28.6 Å². The van der Waals surface area contributed by atoms with E-state index in [9.17, 15) is 4.79 Å². The van der Waals surface area contributed by atoms with E-state index in [2.05, 4.69) is 20.5 Å². The van der Waals surface area contributed by atoms with Crippen LogP contribution in [0, 0.1) is 6.92 Å². The molecular weight excluding hydrogens is 484 g/mol. The molecule has 2 aromatic carbocycles. The number of nitrogens with one attached hydrogen (secondary N) is 2. The summed E-state index contributed by atoms with van der Waals surface area (Å²) in [6.07, 6.45) is 1.79. The van der Waals surface area contributed by atoms with Gasteiger partial charge in [-0.2, -0.15) is 0 Å². The van der Waals surface area contributed by atoms with Gasteiger partial charge < -0.3 is 24.8 Å².